The summed E-state index contributed by atoms with van der Waals surface area (Å²) in [5.74, 6) is -1.69. The summed E-state index contributed by atoms with van der Waals surface area (Å²) < 4.78 is 11.1. The molecule has 8 nitrogen and oxygen atoms in total. The Hall–Kier alpha value is -4.40. The van der Waals surface area contributed by atoms with Gasteiger partial charge in [-0.05, 0) is 66.2 Å². The van der Waals surface area contributed by atoms with Gasteiger partial charge in [0.2, 0.25) is 0 Å². The summed E-state index contributed by atoms with van der Waals surface area (Å²) in [5, 5.41) is 8.45. The second-order valence-corrected chi connectivity index (χ2v) is 8.64. The number of nitrogens with one attached hydrogen (secondary N) is 2. The Bertz CT molecular complexity index is 1540. The number of benzene rings is 4. The predicted molar refractivity (Wildman–Crippen MR) is 147 cm³/mol. The molecule has 0 radical (unpaired) electrons. The van der Waals surface area contributed by atoms with Gasteiger partial charge in [-0.1, -0.05) is 53.5 Å². The average molecular weight is 550 g/mol. The van der Waals surface area contributed by atoms with Crippen LogP contribution in [-0.4, -0.2) is 30.6 Å². The molecule has 0 saturated heterocycles. The predicted octanol–water partition coefficient (Wildman–Crippen LogP) is 5.85. The number of carbonyl (C=O) groups is 3. The molecule has 0 saturated carbocycles. The Morgan fingerprint density at radius 3 is 2.39 bits per heavy atom. The molecule has 0 aliphatic heterocycles. The minimum absolute atomic E-state index is 0.223. The van der Waals surface area contributed by atoms with Crippen molar-refractivity contribution in [2.45, 2.75) is 6.92 Å². The van der Waals surface area contributed by atoms with E-state index in [0.29, 0.717) is 34.2 Å². The standard InChI is InChI=1S/C28H21Cl2N3O5/c1-2-37-20-11-7-18(8-12-20)28(36)38-25-14-9-17-5-3-4-6-21(17)22(25)16-31-33-27(35)26(34)32-19-10-13-23(29)24(30)15-19/h3-16H,2H2,1H3,(H,32,34)(H,33,35)/b31-16+. The molecule has 10 heteroatoms. The quantitative estimate of drug-likeness (QED) is 0.0987. The number of halogens is 2. The molecule has 4 aromatic rings. The molecule has 192 valence electrons. The van der Waals surface area contributed by atoms with E-state index in [0.717, 1.165) is 10.8 Å². The monoisotopic (exact) mass is 549 g/mol. The first-order valence-electron chi connectivity index (χ1n) is 11.4. The van der Waals surface area contributed by atoms with E-state index in [-0.39, 0.29) is 10.8 Å². The van der Waals surface area contributed by atoms with Gasteiger partial charge < -0.3 is 14.8 Å². The molecule has 0 heterocycles. The Morgan fingerprint density at radius 1 is 0.895 bits per heavy atom. The molecule has 0 spiro atoms. The van der Waals surface area contributed by atoms with Gasteiger partial charge in [-0.15, -0.1) is 0 Å². The zero-order chi connectivity index (χ0) is 27.1. The molecule has 2 amide bonds. The van der Waals surface area contributed by atoms with Crippen LogP contribution >= 0.6 is 23.2 Å². The molecular formula is C28H21Cl2N3O5. The lowest BCUT2D eigenvalue weighted by Gasteiger charge is -2.11. The van der Waals surface area contributed by atoms with Gasteiger partial charge in [-0.2, -0.15) is 5.10 Å². The summed E-state index contributed by atoms with van der Waals surface area (Å²) in [6.45, 7) is 2.38. The zero-order valence-electron chi connectivity index (χ0n) is 20.0. The number of anilines is 1. The van der Waals surface area contributed by atoms with Crippen molar-refractivity contribution in [2.24, 2.45) is 5.10 Å². The molecule has 2 N–H and O–H groups in total. The average Bonchev–Trinajstić information content (AvgIpc) is 2.92. The van der Waals surface area contributed by atoms with Crippen molar-refractivity contribution in [3.8, 4) is 11.5 Å². The highest BCUT2D eigenvalue weighted by Crippen LogP contribution is 2.28. The molecule has 0 aromatic heterocycles. The summed E-state index contributed by atoms with van der Waals surface area (Å²) >= 11 is 11.8. The first-order chi connectivity index (χ1) is 18.4. The number of ether oxygens (including phenoxy) is 2. The molecule has 0 bridgehead atoms. The number of esters is 1. The van der Waals surface area contributed by atoms with Crippen molar-refractivity contribution in [3.63, 3.8) is 0 Å². The second kappa shape index (κ2) is 12.2. The number of nitrogens with zero attached hydrogens (tertiary/aromatic N) is 1. The van der Waals surface area contributed by atoms with Gasteiger partial charge in [-0.3, -0.25) is 9.59 Å². The molecule has 0 aliphatic rings. The number of hydrogen-bond acceptors (Lipinski definition) is 6. The van der Waals surface area contributed by atoms with Gasteiger partial charge in [0.15, 0.2) is 0 Å². The van der Waals surface area contributed by atoms with Gasteiger partial charge in [0.1, 0.15) is 11.5 Å². The fourth-order valence-electron chi connectivity index (χ4n) is 3.48. The molecule has 0 fully saturated rings. The summed E-state index contributed by atoms with van der Waals surface area (Å²) in [4.78, 5) is 37.3. The first-order valence-corrected chi connectivity index (χ1v) is 12.2. The number of carbonyl (C=O) groups excluding carboxylic acids is 3. The van der Waals surface area contributed by atoms with Crippen LogP contribution in [0.4, 0.5) is 5.69 Å². The number of hydrazone groups is 1. The highest BCUT2D eigenvalue weighted by Gasteiger charge is 2.16. The van der Waals surface area contributed by atoms with Crippen LogP contribution in [-0.2, 0) is 9.59 Å². The largest absolute Gasteiger partial charge is 0.494 e. The van der Waals surface area contributed by atoms with Crippen LogP contribution in [0.5, 0.6) is 11.5 Å². The van der Waals surface area contributed by atoms with Gasteiger partial charge >= 0.3 is 17.8 Å². The highest BCUT2D eigenvalue weighted by molar-refractivity contribution is 6.43. The van der Waals surface area contributed by atoms with Crippen LogP contribution in [0, 0.1) is 0 Å². The topological polar surface area (TPSA) is 106 Å². The minimum Gasteiger partial charge on any atom is -0.494 e. The van der Waals surface area contributed by atoms with Crippen molar-refractivity contribution < 1.29 is 23.9 Å². The maximum absolute atomic E-state index is 12.8. The number of hydrogen-bond donors (Lipinski definition) is 2. The van der Waals surface area contributed by atoms with Gasteiger partial charge in [0.05, 0.1) is 28.4 Å². The van der Waals surface area contributed by atoms with Crippen molar-refractivity contribution in [3.05, 3.63) is 100 Å². The fourth-order valence-corrected chi connectivity index (χ4v) is 3.78. The maximum atomic E-state index is 12.8. The molecule has 4 rings (SSSR count). The van der Waals surface area contributed by atoms with E-state index < -0.39 is 17.8 Å². The highest BCUT2D eigenvalue weighted by atomic mass is 35.5. The van der Waals surface area contributed by atoms with E-state index in [9.17, 15) is 14.4 Å². The SMILES string of the molecule is CCOc1ccc(C(=O)Oc2ccc3ccccc3c2/C=N/NC(=O)C(=O)Nc2ccc(Cl)c(Cl)c2)cc1. The van der Waals surface area contributed by atoms with Crippen molar-refractivity contribution in [1.29, 1.82) is 0 Å². The maximum Gasteiger partial charge on any atom is 0.343 e. The zero-order valence-corrected chi connectivity index (χ0v) is 21.5. The molecule has 0 atom stereocenters. The molecule has 0 unspecified atom stereocenters. The lowest BCUT2D eigenvalue weighted by Crippen LogP contribution is -2.32. The van der Waals surface area contributed by atoms with Crippen molar-refractivity contribution in [1.82, 2.24) is 5.43 Å². The van der Waals surface area contributed by atoms with Crippen LogP contribution in [0.1, 0.15) is 22.8 Å². The Kier molecular flexibility index (Phi) is 8.58. The number of fused-ring (bicyclic) bond motifs is 1. The molecular weight excluding hydrogens is 529 g/mol. The number of rotatable bonds is 7. The molecule has 4 aromatic carbocycles. The van der Waals surface area contributed by atoms with Gasteiger partial charge in [-0.25, -0.2) is 10.2 Å². The minimum atomic E-state index is -1.01. The summed E-state index contributed by atoms with van der Waals surface area (Å²) in [6.07, 6.45) is 1.31. The third kappa shape index (κ3) is 6.47. The smallest absolute Gasteiger partial charge is 0.343 e. The summed E-state index contributed by atoms with van der Waals surface area (Å²) in [5.41, 5.74) is 3.24. The third-order valence-electron chi connectivity index (χ3n) is 5.28. The van der Waals surface area contributed by atoms with Crippen molar-refractivity contribution in [2.75, 3.05) is 11.9 Å². The number of amides is 2. The second-order valence-electron chi connectivity index (χ2n) is 7.83. The lowest BCUT2D eigenvalue weighted by molar-refractivity contribution is -0.136. The van der Waals surface area contributed by atoms with Crippen LogP contribution in [0.15, 0.2) is 84.0 Å². The van der Waals surface area contributed by atoms with E-state index >= 15 is 0 Å². The Labute approximate surface area is 228 Å². The van der Waals surface area contributed by atoms with E-state index in [1.807, 2.05) is 31.2 Å². The lowest BCUT2D eigenvalue weighted by atomic mass is 10.0. The van der Waals surface area contributed by atoms with Crippen molar-refractivity contribution >= 4 is 63.7 Å². The van der Waals surface area contributed by atoms with Crippen LogP contribution in [0.2, 0.25) is 10.0 Å². The summed E-state index contributed by atoms with van der Waals surface area (Å²) in [6, 6.07) is 21.8. The molecule has 38 heavy (non-hydrogen) atoms. The Morgan fingerprint density at radius 2 is 1.66 bits per heavy atom. The Balaban J connectivity index is 1.51. The van der Waals surface area contributed by atoms with Crippen LogP contribution < -0.4 is 20.2 Å². The van der Waals surface area contributed by atoms with E-state index in [4.69, 9.17) is 32.7 Å². The van der Waals surface area contributed by atoms with E-state index in [2.05, 4.69) is 15.8 Å². The van der Waals surface area contributed by atoms with Crippen LogP contribution in [0.3, 0.4) is 0 Å². The van der Waals surface area contributed by atoms with Gasteiger partial charge in [0, 0.05) is 11.3 Å². The van der Waals surface area contributed by atoms with E-state index in [1.165, 1.54) is 24.4 Å². The molecule has 0 aliphatic carbocycles. The third-order valence-corrected chi connectivity index (χ3v) is 6.02. The van der Waals surface area contributed by atoms with E-state index in [1.54, 1.807) is 36.4 Å². The fraction of sp³-hybridized carbons (Fsp3) is 0.0714. The normalized spacial score (nSPS) is 10.8. The summed E-state index contributed by atoms with van der Waals surface area (Å²) in [7, 11) is 0. The van der Waals surface area contributed by atoms with Gasteiger partial charge in [0.25, 0.3) is 0 Å². The first kappa shape index (κ1) is 26.7. The van der Waals surface area contributed by atoms with Crippen LogP contribution in [0.25, 0.3) is 10.8 Å².